The fourth-order valence-corrected chi connectivity index (χ4v) is 2.60. The molecule has 0 fully saturated rings. The van der Waals surface area contributed by atoms with Crippen LogP contribution in [0.15, 0.2) is 47.6 Å². The van der Waals surface area contributed by atoms with E-state index in [9.17, 15) is 9.59 Å². The largest absolute Gasteiger partial charge is 0.493 e. The SMILES string of the molecule is CCOc1c(C=NNC(=O)CC(=O)Nc2ccccc2CC)cccc1OC. The van der Waals surface area contributed by atoms with Crippen LogP contribution in [0, 0.1) is 0 Å². The summed E-state index contributed by atoms with van der Waals surface area (Å²) >= 11 is 0. The normalized spacial score (nSPS) is 10.5. The molecule has 0 unspecified atom stereocenters. The number of hydrazone groups is 1. The third-order valence-electron chi connectivity index (χ3n) is 3.90. The summed E-state index contributed by atoms with van der Waals surface area (Å²) in [6, 6.07) is 12.9. The van der Waals surface area contributed by atoms with Crippen molar-refractivity contribution in [3.8, 4) is 11.5 Å². The highest BCUT2D eigenvalue weighted by molar-refractivity contribution is 6.04. The van der Waals surface area contributed by atoms with Crippen molar-refractivity contribution in [3.63, 3.8) is 0 Å². The van der Waals surface area contributed by atoms with Gasteiger partial charge in [0.15, 0.2) is 11.5 Å². The number of hydrogen-bond acceptors (Lipinski definition) is 5. The van der Waals surface area contributed by atoms with E-state index in [1.54, 1.807) is 25.3 Å². The summed E-state index contributed by atoms with van der Waals surface area (Å²) in [6.07, 6.45) is 1.91. The summed E-state index contributed by atoms with van der Waals surface area (Å²) in [4.78, 5) is 24.1. The van der Waals surface area contributed by atoms with Gasteiger partial charge < -0.3 is 14.8 Å². The van der Waals surface area contributed by atoms with Crippen molar-refractivity contribution in [2.45, 2.75) is 26.7 Å². The summed E-state index contributed by atoms with van der Waals surface area (Å²) in [7, 11) is 1.55. The molecular weight excluding hydrogens is 358 g/mol. The van der Waals surface area contributed by atoms with E-state index in [-0.39, 0.29) is 6.42 Å². The highest BCUT2D eigenvalue weighted by Crippen LogP contribution is 2.29. The van der Waals surface area contributed by atoms with E-state index in [0.29, 0.717) is 29.4 Å². The van der Waals surface area contributed by atoms with Crippen LogP contribution in [-0.4, -0.2) is 31.7 Å². The topological polar surface area (TPSA) is 89.0 Å². The zero-order valence-corrected chi connectivity index (χ0v) is 16.3. The first-order chi connectivity index (χ1) is 13.6. The Kier molecular flexibility index (Phi) is 8.02. The maximum Gasteiger partial charge on any atom is 0.249 e. The van der Waals surface area contributed by atoms with E-state index >= 15 is 0 Å². The molecular formula is C21H25N3O4. The number of amides is 2. The first kappa shape index (κ1) is 21.0. The lowest BCUT2D eigenvalue weighted by Gasteiger charge is -2.11. The van der Waals surface area contributed by atoms with E-state index in [2.05, 4.69) is 15.8 Å². The molecule has 148 valence electrons. The van der Waals surface area contributed by atoms with Gasteiger partial charge >= 0.3 is 0 Å². The Morgan fingerprint density at radius 3 is 2.57 bits per heavy atom. The van der Waals surface area contributed by atoms with Gasteiger partial charge in [-0.05, 0) is 37.1 Å². The minimum Gasteiger partial charge on any atom is -0.493 e. The fraction of sp³-hybridized carbons (Fsp3) is 0.286. The smallest absolute Gasteiger partial charge is 0.249 e. The number of hydrogen-bond donors (Lipinski definition) is 2. The van der Waals surface area contributed by atoms with Crippen molar-refractivity contribution in [1.82, 2.24) is 5.43 Å². The zero-order valence-electron chi connectivity index (χ0n) is 16.3. The number of nitrogens with zero attached hydrogens (tertiary/aromatic N) is 1. The molecule has 0 radical (unpaired) electrons. The summed E-state index contributed by atoms with van der Waals surface area (Å²) in [6.45, 7) is 4.33. The molecule has 7 nitrogen and oxygen atoms in total. The second-order valence-electron chi connectivity index (χ2n) is 5.84. The number of carbonyl (C=O) groups is 2. The lowest BCUT2D eigenvalue weighted by Crippen LogP contribution is -2.25. The quantitative estimate of drug-likeness (QED) is 0.395. The van der Waals surface area contributed by atoms with Crippen LogP contribution in [0.5, 0.6) is 11.5 Å². The van der Waals surface area contributed by atoms with Crippen LogP contribution in [0.4, 0.5) is 5.69 Å². The predicted octanol–water partition coefficient (Wildman–Crippen LogP) is 3.14. The number of benzene rings is 2. The highest BCUT2D eigenvalue weighted by atomic mass is 16.5. The van der Waals surface area contributed by atoms with Crippen LogP contribution in [-0.2, 0) is 16.0 Å². The third kappa shape index (κ3) is 5.84. The maximum atomic E-state index is 12.1. The van der Waals surface area contributed by atoms with Gasteiger partial charge in [0.1, 0.15) is 6.42 Å². The lowest BCUT2D eigenvalue weighted by atomic mass is 10.1. The van der Waals surface area contributed by atoms with Gasteiger partial charge in [-0.3, -0.25) is 9.59 Å². The molecule has 0 aliphatic rings. The summed E-state index contributed by atoms with van der Waals surface area (Å²) in [5.41, 5.74) is 4.73. The molecule has 0 spiro atoms. The van der Waals surface area contributed by atoms with Crippen LogP contribution < -0.4 is 20.2 Å². The molecule has 0 bridgehead atoms. The molecule has 2 aromatic carbocycles. The fourth-order valence-electron chi connectivity index (χ4n) is 2.60. The van der Waals surface area contributed by atoms with Crippen LogP contribution in [0.1, 0.15) is 31.4 Å². The average Bonchev–Trinajstić information content (AvgIpc) is 2.69. The zero-order chi connectivity index (χ0) is 20.4. The van der Waals surface area contributed by atoms with E-state index in [4.69, 9.17) is 9.47 Å². The van der Waals surface area contributed by atoms with E-state index < -0.39 is 11.8 Å². The minimum absolute atomic E-state index is 0.328. The number of para-hydroxylation sites is 2. The van der Waals surface area contributed by atoms with E-state index in [1.165, 1.54) is 6.21 Å². The van der Waals surface area contributed by atoms with Crippen LogP contribution >= 0.6 is 0 Å². The summed E-state index contributed by atoms with van der Waals surface area (Å²) < 4.78 is 10.8. The molecule has 0 saturated heterocycles. The van der Waals surface area contributed by atoms with Crippen molar-refractivity contribution in [1.29, 1.82) is 0 Å². The third-order valence-corrected chi connectivity index (χ3v) is 3.90. The minimum atomic E-state index is -0.511. The molecule has 0 saturated carbocycles. The van der Waals surface area contributed by atoms with Gasteiger partial charge in [0.2, 0.25) is 11.8 Å². The summed E-state index contributed by atoms with van der Waals surface area (Å²) in [5, 5.41) is 6.67. The lowest BCUT2D eigenvalue weighted by molar-refractivity contribution is -0.126. The number of aryl methyl sites for hydroxylation is 1. The van der Waals surface area contributed by atoms with Crippen molar-refractivity contribution in [2.24, 2.45) is 5.10 Å². The van der Waals surface area contributed by atoms with Gasteiger partial charge in [-0.2, -0.15) is 5.10 Å². The Balaban J connectivity index is 1.94. The van der Waals surface area contributed by atoms with Crippen molar-refractivity contribution >= 4 is 23.7 Å². The first-order valence-corrected chi connectivity index (χ1v) is 9.08. The van der Waals surface area contributed by atoms with E-state index in [0.717, 1.165) is 12.0 Å². The first-order valence-electron chi connectivity index (χ1n) is 9.08. The van der Waals surface area contributed by atoms with Gasteiger partial charge in [-0.1, -0.05) is 31.2 Å². The maximum absolute atomic E-state index is 12.1. The van der Waals surface area contributed by atoms with Gasteiger partial charge in [0.25, 0.3) is 0 Å². The van der Waals surface area contributed by atoms with Crippen LogP contribution in [0.3, 0.4) is 0 Å². The van der Waals surface area contributed by atoms with Crippen LogP contribution in [0.2, 0.25) is 0 Å². The molecule has 2 N–H and O–H groups in total. The van der Waals surface area contributed by atoms with Gasteiger partial charge in [0.05, 0.1) is 19.9 Å². The Hall–Kier alpha value is -3.35. The molecule has 28 heavy (non-hydrogen) atoms. The molecule has 7 heteroatoms. The second-order valence-corrected chi connectivity index (χ2v) is 5.84. The molecule has 0 aliphatic heterocycles. The van der Waals surface area contributed by atoms with Crippen molar-refractivity contribution in [2.75, 3.05) is 19.0 Å². The van der Waals surface area contributed by atoms with Gasteiger partial charge in [-0.25, -0.2) is 5.43 Å². The number of anilines is 1. The number of ether oxygens (including phenoxy) is 2. The number of rotatable bonds is 9. The van der Waals surface area contributed by atoms with Crippen molar-refractivity contribution in [3.05, 3.63) is 53.6 Å². The Bertz CT molecular complexity index is 849. The monoisotopic (exact) mass is 383 g/mol. The molecule has 2 rings (SSSR count). The van der Waals surface area contributed by atoms with Gasteiger partial charge in [-0.15, -0.1) is 0 Å². The standard InChI is InChI=1S/C21H25N3O4/c1-4-15-9-6-7-11-17(15)23-19(25)13-20(26)24-22-14-16-10-8-12-18(27-3)21(16)28-5-2/h6-12,14H,4-5,13H2,1-3H3,(H,23,25)(H,24,26). The predicted molar refractivity (Wildman–Crippen MR) is 109 cm³/mol. The number of nitrogens with one attached hydrogen (secondary N) is 2. The molecule has 0 heterocycles. The molecule has 2 amide bonds. The Morgan fingerprint density at radius 1 is 1.07 bits per heavy atom. The number of methoxy groups -OCH3 is 1. The van der Waals surface area contributed by atoms with Gasteiger partial charge in [0, 0.05) is 11.3 Å². The molecule has 2 aromatic rings. The second kappa shape index (κ2) is 10.7. The van der Waals surface area contributed by atoms with Crippen molar-refractivity contribution < 1.29 is 19.1 Å². The van der Waals surface area contributed by atoms with Crippen LogP contribution in [0.25, 0.3) is 0 Å². The Labute approximate surface area is 164 Å². The number of carbonyl (C=O) groups excluding carboxylic acids is 2. The average molecular weight is 383 g/mol. The Morgan fingerprint density at radius 2 is 1.86 bits per heavy atom. The molecule has 0 aliphatic carbocycles. The molecule has 0 atom stereocenters. The highest BCUT2D eigenvalue weighted by Gasteiger charge is 2.11. The van der Waals surface area contributed by atoms with E-state index in [1.807, 2.05) is 38.1 Å². The summed E-state index contributed by atoms with van der Waals surface area (Å²) in [5.74, 6) is 0.207. The molecule has 0 aromatic heterocycles.